The lowest BCUT2D eigenvalue weighted by molar-refractivity contribution is -0.204. The summed E-state index contributed by atoms with van der Waals surface area (Å²) in [7, 11) is 0. The van der Waals surface area contributed by atoms with Crippen molar-refractivity contribution in [3.8, 4) is 11.1 Å². The maximum absolute atomic E-state index is 11.9. The molecule has 2 saturated heterocycles. The lowest BCUT2D eigenvalue weighted by atomic mass is 9.52. The number of carbonyl (C=O) groups excluding carboxylic acids is 8. The monoisotopic (exact) mass is 572 g/mol. The summed E-state index contributed by atoms with van der Waals surface area (Å²) in [6, 6.07) is 9.31. The molecule has 2 aromatic carbocycles. The molecule has 12 nitrogen and oxygen atoms in total. The smallest absolute Gasteiger partial charge is 0.346 e. The first-order valence-corrected chi connectivity index (χ1v) is 13.4. The normalized spacial score (nSPS) is 30.2. The third kappa shape index (κ3) is 3.81. The minimum Gasteiger partial charge on any atom is -0.393 e. The third-order valence-electron chi connectivity index (χ3n) is 9.12. The van der Waals surface area contributed by atoms with Crippen LogP contribution in [0.5, 0.6) is 0 Å². The molecule has 4 heterocycles. The van der Waals surface area contributed by atoms with Crippen molar-refractivity contribution in [2.75, 3.05) is 0 Å². The predicted octanol–water partition coefficient (Wildman–Crippen LogP) is 2.41. The summed E-state index contributed by atoms with van der Waals surface area (Å²) >= 11 is 0. The van der Waals surface area contributed by atoms with Gasteiger partial charge in [-0.15, -0.1) is 0 Å². The summed E-state index contributed by atoms with van der Waals surface area (Å²) in [5.41, 5.74) is 2.04. The van der Waals surface area contributed by atoms with E-state index in [-0.39, 0.29) is 57.8 Å². The maximum atomic E-state index is 11.9. The Hall–Kier alpha value is -5.00. The number of carbonyl (C=O) groups is 8. The highest BCUT2D eigenvalue weighted by Gasteiger charge is 2.62. The lowest BCUT2D eigenvalue weighted by Gasteiger charge is -2.52. The summed E-state index contributed by atoms with van der Waals surface area (Å²) in [5, 5.41) is 0. The van der Waals surface area contributed by atoms with Crippen molar-refractivity contribution in [2.24, 2.45) is 35.5 Å². The quantitative estimate of drug-likeness (QED) is 0.278. The van der Waals surface area contributed by atoms with E-state index in [9.17, 15) is 38.4 Å². The van der Waals surface area contributed by atoms with Crippen molar-refractivity contribution in [3.63, 3.8) is 0 Å². The molecule has 4 aliphatic heterocycles. The fourth-order valence-corrected chi connectivity index (χ4v) is 7.25. The van der Waals surface area contributed by atoms with Crippen LogP contribution in [0.2, 0.25) is 0 Å². The van der Waals surface area contributed by atoms with Crippen LogP contribution in [0.1, 0.15) is 67.1 Å². The van der Waals surface area contributed by atoms with Crippen molar-refractivity contribution < 1.29 is 57.3 Å². The third-order valence-corrected chi connectivity index (χ3v) is 9.12. The van der Waals surface area contributed by atoms with E-state index in [0.717, 1.165) is 0 Å². The van der Waals surface area contributed by atoms with E-state index in [0.29, 0.717) is 36.8 Å². The Bertz CT molecular complexity index is 1520. The van der Waals surface area contributed by atoms with Crippen LogP contribution in [0.3, 0.4) is 0 Å². The average Bonchev–Trinajstić information content (AvgIpc) is 3.43. The number of fused-ring (bicyclic) bond motifs is 2. The minimum absolute atomic E-state index is 0.182. The number of hydrogen-bond donors (Lipinski definition) is 0. The molecule has 2 saturated carbocycles. The molecule has 0 radical (unpaired) electrons. The van der Waals surface area contributed by atoms with Gasteiger partial charge in [0.2, 0.25) is 0 Å². The molecule has 4 fully saturated rings. The van der Waals surface area contributed by atoms with E-state index >= 15 is 0 Å². The zero-order valence-electron chi connectivity index (χ0n) is 21.7. The summed E-state index contributed by atoms with van der Waals surface area (Å²) in [5.74, 6) is -6.51. The minimum atomic E-state index is -0.697. The average molecular weight is 572 g/mol. The fraction of sp³-hybridized carbons (Fsp3) is 0.333. The van der Waals surface area contributed by atoms with Gasteiger partial charge in [-0.3, -0.25) is 19.2 Å². The van der Waals surface area contributed by atoms with Gasteiger partial charge in [-0.2, -0.15) is 0 Å². The molecule has 2 aromatic rings. The van der Waals surface area contributed by atoms with Crippen LogP contribution in [-0.4, -0.2) is 47.8 Å². The summed E-state index contributed by atoms with van der Waals surface area (Å²) in [4.78, 5) is 93.6. The van der Waals surface area contributed by atoms with E-state index in [4.69, 9.17) is 9.47 Å². The highest BCUT2D eigenvalue weighted by Crippen LogP contribution is 2.56. The molecule has 12 heteroatoms. The Morgan fingerprint density at radius 2 is 0.714 bits per heavy atom. The van der Waals surface area contributed by atoms with E-state index in [2.05, 4.69) is 9.47 Å². The Morgan fingerprint density at radius 1 is 0.405 bits per heavy atom. The number of ether oxygens (including phenoxy) is 4. The molecule has 0 amide bonds. The number of hydrogen-bond acceptors (Lipinski definition) is 12. The predicted molar refractivity (Wildman–Crippen MR) is 133 cm³/mol. The highest BCUT2D eigenvalue weighted by atomic mass is 16.6. The van der Waals surface area contributed by atoms with Crippen molar-refractivity contribution in [1.29, 1.82) is 0 Å². The molecular weight excluding hydrogens is 552 g/mol. The van der Waals surface area contributed by atoms with Gasteiger partial charge in [0.05, 0.1) is 45.9 Å². The summed E-state index contributed by atoms with van der Waals surface area (Å²) in [6.07, 6.45) is 2.13. The molecule has 4 unspecified atom stereocenters. The summed E-state index contributed by atoms with van der Waals surface area (Å²) < 4.78 is 18.7. The van der Waals surface area contributed by atoms with Gasteiger partial charge in [0, 0.05) is 0 Å². The second kappa shape index (κ2) is 9.26. The van der Waals surface area contributed by atoms with Crippen LogP contribution >= 0.6 is 0 Å². The molecule has 6 aliphatic rings. The van der Waals surface area contributed by atoms with Crippen molar-refractivity contribution in [2.45, 2.75) is 25.7 Å². The van der Waals surface area contributed by atoms with Crippen LogP contribution in [-0.2, 0) is 38.1 Å². The number of cyclic esters (lactones) is 8. The Balaban J connectivity index is 0.000000138. The first-order valence-electron chi connectivity index (χ1n) is 13.4. The van der Waals surface area contributed by atoms with E-state index in [1.807, 2.05) is 0 Å². The molecule has 8 rings (SSSR count). The van der Waals surface area contributed by atoms with Crippen molar-refractivity contribution in [1.82, 2.24) is 0 Å². The second-order valence-corrected chi connectivity index (χ2v) is 11.1. The summed E-state index contributed by atoms with van der Waals surface area (Å²) in [6.45, 7) is 0. The molecule has 42 heavy (non-hydrogen) atoms. The van der Waals surface area contributed by atoms with Crippen LogP contribution < -0.4 is 0 Å². The van der Waals surface area contributed by atoms with Gasteiger partial charge in [0.1, 0.15) is 0 Å². The SMILES string of the molecule is O=C1OC(=O)C2CCC3C(=O)OC(=O)C4CCC1C2C43.O=C1OC(=O)c2cc(-c3ccc4c(c3)C(=O)OC4=O)ccc21. The van der Waals surface area contributed by atoms with Gasteiger partial charge in [-0.25, -0.2) is 19.2 Å². The van der Waals surface area contributed by atoms with Crippen LogP contribution in [0, 0.1) is 35.5 Å². The van der Waals surface area contributed by atoms with Crippen LogP contribution in [0.15, 0.2) is 36.4 Å². The van der Waals surface area contributed by atoms with Gasteiger partial charge >= 0.3 is 47.8 Å². The first-order chi connectivity index (χ1) is 20.1. The topological polar surface area (TPSA) is 173 Å². The Labute approximate surface area is 236 Å². The Kier molecular flexibility index (Phi) is 5.72. The molecule has 0 bridgehead atoms. The molecule has 4 atom stereocenters. The van der Waals surface area contributed by atoms with E-state index < -0.39 is 47.8 Å². The second-order valence-electron chi connectivity index (χ2n) is 11.1. The van der Waals surface area contributed by atoms with Crippen LogP contribution in [0.25, 0.3) is 11.1 Å². The van der Waals surface area contributed by atoms with Gasteiger partial charge in [-0.1, -0.05) is 12.1 Å². The van der Waals surface area contributed by atoms with Gasteiger partial charge in [0.15, 0.2) is 0 Å². The van der Waals surface area contributed by atoms with Gasteiger partial charge in [0.25, 0.3) is 0 Å². The first kappa shape index (κ1) is 25.9. The van der Waals surface area contributed by atoms with Crippen LogP contribution in [0.4, 0.5) is 0 Å². The molecule has 0 aromatic heterocycles. The number of benzene rings is 2. The standard InChI is InChI=1S/C16H6O6.C14H14O6/c17-13-9-3-1-7(5-11(9)15(19)21-13)8-2-4-10-12(6-8)16(20)22-14(10)18;15-11-5-1-2-6-10-8(14(18)20-12(6)16)4-3-7(9(5)10)13(17)19-11/h1-6H;5-10H,1-4H2. The number of esters is 8. The molecule has 0 spiro atoms. The van der Waals surface area contributed by atoms with Gasteiger partial charge < -0.3 is 18.9 Å². The largest absolute Gasteiger partial charge is 0.393 e. The van der Waals surface area contributed by atoms with Gasteiger partial charge in [-0.05, 0) is 72.9 Å². The molecule has 0 N–H and O–H groups in total. The van der Waals surface area contributed by atoms with Crippen molar-refractivity contribution in [3.05, 3.63) is 58.7 Å². The van der Waals surface area contributed by atoms with Crippen molar-refractivity contribution >= 4 is 47.8 Å². The highest BCUT2D eigenvalue weighted by molar-refractivity contribution is 6.16. The zero-order chi connectivity index (χ0) is 29.4. The number of rotatable bonds is 1. The molecule has 2 aliphatic carbocycles. The molecular formula is C30H20O12. The lowest BCUT2D eigenvalue weighted by Crippen LogP contribution is -2.59. The fourth-order valence-electron chi connectivity index (χ4n) is 7.25. The van der Waals surface area contributed by atoms with E-state index in [1.54, 1.807) is 12.1 Å². The Morgan fingerprint density at radius 3 is 1.05 bits per heavy atom. The maximum Gasteiger partial charge on any atom is 0.346 e. The molecule has 212 valence electrons. The van der Waals surface area contributed by atoms with E-state index in [1.165, 1.54) is 24.3 Å². The zero-order valence-corrected chi connectivity index (χ0v) is 21.7.